The van der Waals surface area contributed by atoms with E-state index in [9.17, 15) is 4.79 Å². The molecular weight excluding hydrogens is 320 g/mol. The van der Waals surface area contributed by atoms with Crippen molar-refractivity contribution in [2.45, 2.75) is 20.0 Å². The Morgan fingerprint density at radius 2 is 2.12 bits per heavy atom. The normalized spacial score (nSPS) is 15.2. The van der Waals surface area contributed by atoms with Gasteiger partial charge in [0.2, 0.25) is 0 Å². The Morgan fingerprint density at radius 1 is 1.24 bits per heavy atom. The van der Waals surface area contributed by atoms with Crippen molar-refractivity contribution in [3.05, 3.63) is 58.4 Å². The first kappa shape index (κ1) is 15.6. The molecule has 0 atom stereocenters. The summed E-state index contributed by atoms with van der Waals surface area (Å²) in [5.41, 5.74) is 3.27. The predicted octanol–water partition coefficient (Wildman–Crippen LogP) is 1.13. The smallest absolute Gasteiger partial charge is 0.266 e. The second kappa shape index (κ2) is 6.56. The maximum Gasteiger partial charge on any atom is 0.266 e. The number of likely N-dealkylation sites (tertiary alicyclic amines) is 1. The molecule has 0 unspecified atom stereocenters. The van der Waals surface area contributed by atoms with Crippen molar-refractivity contribution in [2.24, 2.45) is 5.92 Å². The van der Waals surface area contributed by atoms with Crippen LogP contribution in [0.25, 0.3) is 11.3 Å². The van der Waals surface area contributed by atoms with Crippen LogP contribution in [0.4, 0.5) is 0 Å². The first-order valence-electron chi connectivity index (χ1n) is 8.18. The Bertz CT molecular complexity index is 914. The van der Waals surface area contributed by atoms with Crippen molar-refractivity contribution in [1.82, 2.24) is 30.0 Å². The molecule has 8 heteroatoms. The summed E-state index contributed by atoms with van der Waals surface area (Å²) in [7, 11) is 0. The molecule has 3 aromatic rings. The van der Waals surface area contributed by atoms with E-state index in [4.69, 9.17) is 4.63 Å². The van der Waals surface area contributed by atoms with Crippen molar-refractivity contribution in [3.63, 3.8) is 0 Å². The molecule has 1 aliphatic rings. The van der Waals surface area contributed by atoms with Crippen LogP contribution in [0.1, 0.15) is 11.4 Å². The quantitative estimate of drug-likeness (QED) is 0.689. The fraction of sp³-hybridized carbons (Fsp3) is 0.353. The summed E-state index contributed by atoms with van der Waals surface area (Å²) in [6, 6.07) is 7.10. The van der Waals surface area contributed by atoms with Crippen LogP contribution in [-0.4, -0.2) is 43.1 Å². The van der Waals surface area contributed by atoms with Crippen molar-refractivity contribution in [3.8, 4) is 11.3 Å². The minimum Gasteiger partial charge on any atom is -0.297 e. The molecule has 0 N–H and O–H groups in total. The third-order valence-electron chi connectivity index (χ3n) is 4.41. The van der Waals surface area contributed by atoms with E-state index in [-0.39, 0.29) is 5.56 Å². The first-order valence-corrected chi connectivity index (χ1v) is 8.18. The second-order valence-corrected chi connectivity index (χ2v) is 6.34. The summed E-state index contributed by atoms with van der Waals surface area (Å²) < 4.78 is 6.27. The molecule has 0 bridgehead atoms. The fourth-order valence-corrected chi connectivity index (χ4v) is 3.02. The number of pyridine rings is 1. The molecule has 25 heavy (non-hydrogen) atoms. The van der Waals surface area contributed by atoms with Crippen molar-refractivity contribution >= 4 is 0 Å². The van der Waals surface area contributed by atoms with Crippen LogP contribution in [-0.2, 0) is 13.1 Å². The lowest BCUT2D eigenvalue weighted by Crippen LogP contribution is -2.49. The molecule has 0 spiro atoms. The molecule has 3 aromatic heterocycles. The van der Waals surface area contributed by atoms with E-state index in [1.54, 1.807) is 29.2 Å². The van der Waals surface area contributed by atoms with Crippen LogP contribution in [0.2, 0.25) is 0 Å². The van der Waals surface area contributed by atoms with Gasteiger partial charge >= 0.3 is 0 Å². The van der Waals surface area contributed by atoms with Gasteiger partial charge in [0.25, 0.3) is 5.56 Å². The molecule has 1 saturated heterocycles. The zero-order valence-corrected chi connectivity index (χ0v) is 13.9. The first-order chi connectivity index (χ1) is 12.2. The summed E-state index contributed by atoms with van der Waals surface area (Å²) in [6.07, 6.45) is 3.46. The minimum absolute atomic E-state index is 0.0809. The summed E-state index contributed by atoms with van der Waals surface area (Å²) in [6.45, 7) is 5.02. The molecule has 0 radical (unpaired) electrons. The van der Waals surface area contributed by atoms with E-state index < -0.39 is 0 Å². The highest BCUT2D eigenvalue weighted by Crippen LogP contribution is 2.20. The molecular formula is C17H18N6O2. The Balaban J connectivity index is 1.40. The average Bonchev–Trinajstić information content (AvgIpc) is 3.00. The van der Waals surface area contributed by atoms with Crippen molar-refractivity contribution in [1.29, 1.82) is 0 Å². The summed E-state index contributed by atoms with van der Waals surface area (Å²) in [5.74, 6) is 0.398. The Labute approximate surface area is 144 Å². The third-order valence-corrected chi connectivity index (χ3v) is 4.41. The maximum atomic E-state index is 12.1. The second-order valence-electron chi connectivity index (χ2n) is 6.34. The van der Waals surface area contributed by atoms with Gasteiger partial charge in [-0.2, -0.15) is 5.10 Å². The standard InChI is InChI=1S/C17H18N6O2/c1-12-16(21-25-20-12)11-22-8-13(9-22)10-23-17(24)5-4-15(19-23)14-3-2-6-18-7-14/h2-7,13H,8-11H2,1H3. The van der Waals surface area contributed by atoms with Crippen LogP contribution in [0.5, 0.6) is 0 Å². The third kappa shape index (κ3) is 3.34. The monoisotopic (exact) mass is 338 g/mol. The Kier molecular flexibility index (Phi) is 4.10. The van der Waals surface area contributed by atoms with E-state index in [0.29, 0.717) is 12.5 Å². The topological polar surface area (TPSA) is 89.9 Å². The molecule has 4 rings (SSSR count). The molecule has 4 heterocycles. The van der Waals surface area contributed by atoms with Gasteiger partial charge in [-0.3, -0.25) is 14.7 Å². The van der Waals surface area contributed by atoms with Crippen LogP contribution in [0, 0.1) is 12.8 Å². The molecule has 1 fully saturated rings. The highest BCUT2D eigenvalue weighted by Gasteiger charge is 2.28. The van der Waals surface area contributed by atoms with Gasteiger partial charge in [0.15, 0.2) is 0 Å². The summed E-state index contributed by atoms with van der Waals surface area (Å²) >= 11 is 0. The maximum absolute atomic E-state index is 12.1. The van der Waals surface area contributed by atoms with E-state index in [1.807, 2.05) is 19.1 Å². The molecule has 0 aromatic carbocycles. The molecule has 128 valence electrons. The van der Waals surface area contributed by atoms with Crippen LogP contribution in [0.3, 0.4) is 0 Å². The fourth-order valence-electron chi connectivity index (χ4n) is 3.02. The van der Waals surface area contributed by atoms with E-state index >= 15 is 0 Å². The van der Waals surface area contributed by atoms with E-state index in [1.165, 1.54) is 0 Å². The lowest BCUT2D eigenvalue weighted by molar-refractivity contribution is 0.0741. The van der Waals surface area contributed by atoms with Crippen molar-refractivity contribution in [2.75, 3.05) is 13.1 Å². The minimum atomic E-state index is -0.0809. The van der Waals surface area contributed by atoms with Crippen molar-refractivity contribution < 1.29 is 4.63 Å². The SMILES string of the molecule is Cc1nonc1CN1CC(Cn2nc(-c3cccnc3)ccc2=O)C1. The van der Waals surface area contributed by atoms with Gasteiger partial charge in [-0.1, -0.05) is 10.3 Å². The molecule has 8 nitrogen and oxygen atoms in total. The van der Waals surface area contributed by atoms with Gasteiger partial charge < -0.3 is 0 Å². The molecule has 0 saturated carbocycles. The van der Waals surface area contributed by atoms with Gasteiger partial charge in [0.1, 0.15) is 11.4 Å². The zero-order valence-electron chi connectivity index (χ0n) is 13.9. The number of rotatable bonds is 5. The van der Waals surface area contributed by atoms with Gasteiger partial charge in [0.05, 0.1) is 12.2 Å². The number of hydrogen-bond acceptors (Lipinski definition) is 7. The Morgan fingerprint density at radius 3 is 2.84 bits per heavy atom. The average molecular weight is 338 g/mol. The van der Waals surface area contributed by atoms with E-state index in [2.05, 4.69) is 25.3 Å². The van der Waals surface area contributed by atoms with E-state index in [0.717, 1.165) is 42.3 Å². The largest absolute Gasteiger partial charge is 0.297 e. The summed E-state index contributed by atoms with van der Waals surface area (Å²) in [4.78, 5) is 18.5. The van der Waals surface area contributed by atoms with Gasteiger partial charge in [-0.25, -0.2) is 9.31 Å². The highest BCUT2D eigenvalue weighted by atomic mass is 16.6. The predicted molar refractivity (Wildman–Crippen MR) is 89.5 cm³/mol. The number of aryl methyl sites for hydroxylation is 1. The highest BCUT2D eigenvalue weighted by molar-refractivity contribution is 5.56. The molecule has 1 aliphatic heterocycles. The van der Waals surface area contributed by atoms with Crippen LogP contribution < -0.4 is 5.56 Å². The van der Waals surface area contributed by atoms with Gasteiger partial charge in [-0.15, -0.1) is 0 Å². The van der Waals surface area contributed by atoms with Crippen LogP contribution in [0.15, 0.2) is 46.1 Å². The lowest BCUT2D eigenvalue weighted by Gasteiger charge is -2.38. The Hall–Kier alpha value is -2.87. The zero-order chi connectivity index (χ0) is 17.2. The number of nitrogens with zero attached hydrogens (tertiary/aromatic N) is 6. The molecule has 0 aliphatic carbocycles. The van der Waals surface area contributed by atoms with Crippen LogP contribution >= 0.6 is 0 Å². The summed E-state index contributed by atoms with van der Waals surface area (Å²) in [5, 5.41) is 12.2. The number of aromatic nitrogens is 5. The van der Waals surface area contributed by atoms with Gasteiger partial charge in [-0.05, 0) is 25.1 Å². The lowest BCUT2D eigenvalue weighted by atomic mass is 10.00. The van der Waals surface area contributed by atoms with Gasteiger partial charge in [0, 0.05) is 49.6 Å². The number of hydrogen-bond donors (Lipinski definition) is 0. The molecule has 0 amide bonds.